The minimum atomic E-state index is -0.546. The lowest BCUT2D eigenvalue weighted by atomic mass is 10.1. The molecule has 0 aromatic heterocycles. The zero-order chi connectivity index (χ0) is 14.7. The number of carbonyl (C=O) groups is 4. The van der Waals surface area contributed by atoms with E-state index in [0.717, 1.165) is 5.56 Å². The number of benzene rings is 1. The molecule has 0 saturated carbocycles. The van der Waals surface area contributed by atoms with E-state index in [2.05, 4.69) is 9.47 Å². The summed E-state index contributed by atoms with van der Waals surface area (Å²) in [5.41, 5.74) is 1.69. The molecule has 1 aromatic carbocycles. The van der Waals surface area contributed by atoms with Gasteiger partial charge in [0.05, 0.1) is 11.1 Å². The van der Waals surface area contributed by atoms with E-state index in [1.54, 1.807) is 18.2 Å². The van der Waals surface area contributed by atoms with E-state index in [1.807, 2.05) is 6.92 Å². The molecule has 0 spiro atoms. The van der Waals surface area contributed by atoms with E-state index in [1.165, 1.54) is 0 Å². The summed E-state index contributed by atoms with van der Waals surface area (Å²) in [4.78, 5) is 42.4. The monoisotopic (exact) mass is 276 g/mol. The number of rotatable bonds is 0. The highest BCUT2D eigenvalue weighted by atomic mass is 16.6. The highest BCUT2D eigenvalue weighted by molar-refractivity contribution is 6.14. The van der Waals surface area contributed by atoms with E-state index >= 15 is 0 Å². The molecule has 0 unspecified atom stereocenters. The third-order valence-corrected chi connectivity index (χ3v) is 2.79. The second-order valence-electron chi connectivity index (χ2n) is 4.43. The fourth-order valence-corrected chi connectivity index (χ4v) is 1.81. The molecule has 0 atom stereocenters. The molecule has 1 aromatic rings. The van der Waals surface area contributed by atoms with Crippen molar-refractivity contribution in [3.8, 4) is 0 Å². The first-order valence-electron chi connectivity index (χ1n) is 6.08. The van der Waals surface area contributed by atoms with Crippen molar-refractivity contribution in [3.05, 3.63) is 34.9 Å². The first-order valence-corrected chi connectivity index (χ1v) is 6.08. The van der Waals surface area contributed by atoms with Crippen molar-refractivity contribution >= 4 is 23.9 Å². The Morgan fingerprint density at radius 1 is 0.850 bits per heavy atom. The normalized spacial score (nSPS) is 16.9. The molecule has 1 saturated heterocycles. The number of carbonyl (C=O) groups excluding carboxylic acids is 4. The molecule has 2 aliphatic rings. The number of aryl methyl sites for hydroxylation is 1. The molecular weight excluding hydrogens is 264 g/mol. The Morgan fingerprint density at radius 2 is 1.45 bits per heavy atom. The zero-order valence-electron chi connectivity index (χ0n) is 10.8. The van der Waals surface area contributed by atoms with Crippen LogP contribution in [0.15, 0.2) is 18.2 Å². The lowest BCUT2D eigenvalue weighted by molar-refractivity contribution is -0.163. The fraction of sp³-hybridized carbons (Fsp3) is 0.286. The Hall–Kier alpha value is -2.50. The predicted molar refractivity (Wildman–Crippen MR) is 65.9 cm³/mol. The quantitative estimate of drug-likeness (QED) is 0.527. The van der Waals surface area contributed by atoms with Crippen molar-refractivity contribution in [2.24, 2.45) is 0 Å². The fourth-order valence-electron chi connectivity index (χ4n) is 1.81. The molecule has 104 valence electrons. The molecule has 0 amide bonds. The largest absolute Gasteiger partial charge is 0.393 e. The van der Waals surface area contributed by atoms with Crippen molar-refractivity contribution in [3.63, 3.8) is 0 Å². The van der Waals surface area contributed by atoms with Gasteiger partial charge in [0.1, 0.15) is 0 Å². The van der Waals surface area contributed by atoms with Gasteiger partial charge in [-0.3, -0.25) is 9.59 Å². The van der Waals surface area contributed by atoms with Gasteiger partial charge >= 0.3 is 23.9 Å². The second-order valence-corrected chi connectivity index (χ2v) is 4.43. The number of fused-ring (bicyclic) bond motifs is 1. The molecule has 2 heterocycles. The number of hydrogen-bond donors (Lipinski definition) is 0. The van der Waals surface area contributed by atoms with Crippen LogP contribution in [-0.2, 0) is 19.1 Å². The highest BCUT2D eigenvalue weighted by Crippen LogP contribution is 2.20. The summed E-state index contributed by atoms with van der Waals surface area (Å²) in [6.45, 7) is 1.86. The lowest BCUT2D eigenvalue weighted by Crippen LogP contribution is -2.17. The average molecular weight is 276 g/mol. The number of ether oxygens (including phenoxy) is 2. The summed E-state index contributed by atoms with van der Waals surface area (Å²) in [6.07, 6.45) is 1.44. The number of esters is 4. The van der Waals surface area contributed by atoms with Crippen LogP contribution in [0.2, 0.25) is 0 Å². The average Bonchev–Trinajstić information content (AvgIpc) is 2.65. The van der Waals surface area contributed by atoms with E-state index in [-0.39, 0.29) is 11.9 Å². The molecular formula is C14H12O6. The first kappa shape index (κ1) is 13.9. The molecule has 0 radical (unpaired) electrons. The van der Waals surface area contributed by atoms with Crippen LogP contribution in [0.1, 0.15) is 45.5 Å². The smallest absolute Gasteiger partial charge is 0.346 e. The van der Waals surface area contributed by atoms with Gasteiger partial charge in [-0.25, -0.2) is 9.59 Å². The van der Waals surface area contributed by atoms with Crippen LogP contribution in [0.5, 0.6) is 0 Å². The third-order valence-electron chi connectivity index (χ3n) is 2.79. The Morgan fingerprint density at radius 3 is 2.00 bits per heavy atom. The van der Waals surface area contributed by atoms with Crippen LogP contribution < -0.4 is 0 Å². The van der Waals surface area contributed by atoms with Gasteiger partial charge in [-0.15, -0.1) is 0 Å². The molecule has 3 rings (SSSR count). The van der Waals surface area contributed by atoms with Crippen LogP contribution in [0.4, 0.5) is 0 Å². The molecule has 2 aliphatic heterocycles. The molecule has 6 heteroatoms. The van der Waals surface area contributed by atoms with Crippen LogP contribution >= 0.6 is 0 Å². The van der Waals surface area contributed by atoms with Gasteiger partial charge in [0, 0.05) is 12.8 Å². The standard InChI is InChI=1S/C9H6O3.C5H6O3/c1-5-2-3-6-7(4-5)9(11)12-8(6)10;6-4-2-1-3-5(7)8-4/h2-4H,1H3;1-3H2. The molecule has 20 heavy (non-hydrogen) atoms. The summed E-state index contributed by atoms with van der Waals surface area (Å²) in [5.74, 6) is -1.86. The lowest BCUT2D eigenvalue weighted by Gasteiger charge is -2.06. The Bertz CT molecular complexity index is 588. The number of hydrogen-bond acceptors (Lipinski definition) is 6. The van der Waals surface area contributed by atoms with Gasteiger partial charge in [0.15, 0.2) is 0 Å². The molecule has 6 nitrogen and oxygen atoms in total. The topological polar surface area (TPSA) is 86.7 Å². The molecule has 1 fully saturated rings. The third kappa shape index (κ3) is 3.09. The Kier molecular flexibility index (Phi) is 3.93. The van der Waals surface area contributed by atoms with Gasteiger partial charge in [0.2, 0.25) is 0 Å². The van der Waals surface area contributed by atoms with Crippen molar-refractivity contribution in [1.82, 2.24) is 0 Å². The predicted octanol–water partition coefficient (Wildman–Crippen LogP) is 1.55. The van der Waals surface area contributed by atoms with Crippen molar-refractivity contribution < 1.29 is 28.7 Å². The summed E-state index contributed by atoms with van der Waals surface area (Å²) >= 11 is 0. The van der Waals surface area contributed by atoms with Gasteiger partial charge in [0.25, 0.3) is 0 Å². The maximum absolute atomic E-state index is 11.0. The van der Waals surface area contributed by atoms with E-state index in [0.29, 0.717) is 30.4 Å². The van der Waals surface area contributed by atoms with Crippen molar-refractivity contribution in [2.75, 3.05) is 0 Å². The summed E-state index contributed by atoms with van der Waals surface area (Å²) < 4.78 is 8.62. The van der Waals surface area contributed by atoms with Gasteiger partial charge in [-0.2, -0.15) is 0 Å². The van der Waals surface area contributed by atoms with Crippen molar-refractivity contribution in [1.29, 1.82) is 0 Å². The maximum Gasteiger partial charge on any atom is 0.346 e. The highest BCUT2D eigenvalue weighted by Gasteiger charge is 2.28. The van der Waals surface area contributed by atoms with Crippen LogP contribution in [-0.4, -0.2) is 23.9 Å². The van der Waals surface area contributed by atoms with E-state index in [4.69, 9.17) is 0 Å². The van der Waals surface area contributed by atoms with Gasteiger partial charge in [-0.05, 0) is 25.5 Å². The SMILES string of the molecule is Cc1ccc2c(c1)C(=O)OC2=O.O=C1CCCC(=O)O1. The Balaban J connectivity index is 0.000000160. The molecule has 0 bridgehead atoms. The van der Waals surface area contributed by atoms with Crippen molar-refractivity contribution in [2.45, 2.75) is 26.2 Å². The summed E-state index contributed by atoms with van der Waals surface area (Å²) in [5, 5.41) is 0. The Labute approximate surface area is 114 Å². The van der Waals surface area contributed by atoms with E-state index < -0.39 is 11.9 Å². The zero-order valence-corrected chi connectivity index (χ0v) is 10.8. The van der Waals surface area contributed by atoms with Crippen LogP contribution in [0, 0.1) is 6.92 Å². The molecule has 0 aliphatic carbocycles. The summed E-state index contributed by atoms with van der Waals surface area (Å²) in [6, 6.07) is 5.04. The van der Waals surface area contributed by atoms with Crippen LogP contribution in [0.3, 0.4) is 0 Å². The summed E-state index contributed by atoms with van der Waals surface area (Å²) in [7, 11) is 0. The molecule has 0 N–H and O–H groups in total. The van der Waals surface area contributed by atoms with Gasteiger partial charge < -0.3 is 9.47 Å². The van der Waals surface area contributed by atoms with E-state index in [9.17, 15) is 19.2 Å². The second kappa shape index (κ2) is 5.64. The minimum absolute atomic E-state index is 0.366. The minimum Gasteiger partial charge on any atom is -0.393 e. The number of cyclic esters (lactones) is 4. The van der Waals surface area contributed by atoms with Crippen LogP contribution in [0.25, 0.3) is 0 Å². The maximum atomic E-state index is 11.0. The van der Waals surface area contributed by atoms with Gasteiger partial charge in [-0.1, -0.05) is 11.6 Å². The first-order chi connectivity index (χ1) is 9.47.